The average molecular weight is 402 g/mol. The van der Waals surface area contributed by atoms with Gasteiger partial charge in [0.2, 0.25) is 11.7 Å². The first-order valence-corrected chi connectivity index (χ1v) is 9.01. The van der Waals surface area contributed by atoms with Gasteiger partial charge in [-0.05, 0) is 36.2 Å². The topological polar surface area (TPSA) is 77.8 Å². The molecule has 146 valence electrons. The third kappa shape index (κ3) is 3.82. The van der Waals surface area contributed by atoms with Crippen molar-refractivity contribution in [1.82, 2.24) is 5.32 Å². The molecule has 0 atom stereocenters. The van der Waals surface area contributed by atoms with Gasteiger partial charge in [0, 0.05) is 17.0 Å². The lowest BCUT2D eigenvalue weighted by atomic mass is 10.0. The Bertz CT molecular complexity index is 1090. The van der Waals surface area contributed by atoms with Crippen LogP contribution in [0.4, 0.5) is 0 Å². The number of aryl methyl sites for hydroxylation is 1. The van der Waals surface area contributed by atoms with Crippen LogP contribution in [0.15, 0.2) is 45.6 Å². The van der Waals surface area contributed by atoms with Crippen LogP contribution in [0.1, 0.15) is 16.7 Å². The van der Waals surface area contributed by atoms with Crippen LogP contribution in [-0.2, 0) is 17.8 Å². The Kier molecular flexibility index (Phi) is 5.90. The molecule has 0 fully saturated rings. The van der Waals surface area contributed by atoms with E-state index in [0.717, 1.165) is 5.56 Å². The van der Waals surface area contributed by atoms with Crippen molar-refractivity contribution >= 4 is 28.5 Å². The van der Waals surface area contributed by atoms with Crippen LogP contribution >= 0.6 is 11.6 Å². The van der Waals surface area contributed by atoms with Crippen LogP contribution < -0.4 is 20.4 Å². The summed E-state index contributed by atoms with van der Waals surface area (Å²) in [7, 11) is 2.98. The molecule has 0 bridgehead atoms. The predicted octanol–water partition coefficient (Wildman–Crippen LogP) is 3.63. The van der Waals surface area contributed by atoms with Crippen LogP contribution in [-0.4, -0.2) is 20.1 Å². The summed E-state index contributed by atoms with van der Waals surface area (Å²) in [5.41, 5.74) is 1.49. The zero-order chi connectivity index (χ0) is 20.3. The van der Waals surface area contributed by atoms with Gasteiger partial charge < -0.3 is 19.2 Å². The van der Waals surface area contributed by atoms with E-state index >= 15 is 0 Å². The Balaban J connectivity index is 1.88. The molecule has 7 heteroatoms. The smallest absolute Gasteiger partial charge is 0.340 e. The molecule has 1 amide bonds. The van der Waals surface area contributed by atoms with E-state index in [0.29, 0.717) is 38.6 Å². The highest BCUT2D eigenvalue weighted by Crippen LogP contribution is 2.36. The lowest BCUT2D eigenvalue weighted by Crippen LogP contribution is -2.27. The van der Waals surface area contributed by atoms with E-state index < -0.39 is 5.63 Å². The van der Waals surface area contributed by atoms with E-state index in [1.165, 1.54) is 14.2 Å². The van der Waals surface area contributed by atoms with Crippen molar-refractivity contribution < 1.29 is 18.7 Å². The molecule has 0 aliphatic rings. The van der Waals surface area contributed by atoms with Gasteiger partial charge in [0.1, 0.15) is 0 Å². The van der Waals surface area contributed by atoms with E-state index in [-0.39, 0.29) is 18.9 Å². The van der Waals surface area contributed by atoms with E-state index in [1.807, 2.05) is 18.2 Å². The summed E-state index contributed by atoms with van der Waals surface area (Å²) in [6, 6.07) is 10.8. The van der Waals surface area contributed by atoms with E-state index in [4.69, 9.17) is 25.5 Å². The Hall–Kier alpha value is -2.99. The van der Waals surface area contributed by atoms with Crippen LogP contribution in [0.5, 0.6) is 11.5 Å². The quantitative estimate of drug-likeness (QED) is 0.638. The van der Waals surface area contributed by atoms with Gasteiger partial charge >= 0.3 is 5.63 Å². The molecule has 0 saturated carbocycles. The molecule has 0 radical (unpaired) electrons. The number of benzene rings is 2. The maximum atomic E-state index is 12.5. The van der Waals surface area contributed by atoms with Gasteiger partial charge in [-0.25, -0.2) is 4.79 Å². The van der Waals surface area contributed by atoms with Gasteiger partial charge in [0.15, 0.2) is 11.3 Å². The Morgan fingerprint density at radius 3 is 2.57 bits per heavy atom. The molecule has 6 nitrogen and oxygen atoms in total. The number of carbonyl (C=O) groups excluding carboxylic acids is 1. The molecule has 1 aromatic heterocycles. The molecule has 3 aromatic rings. The van der Waals surface area contributed by atoms with Crippen molar-refractivity contribution in [3.8, 4) is 11.5 Å². The summed E-state index contributed by atoms with van der Waals surface area (Å²) in [5.74, 6) is 0.507. The number of carbonyl (C=O) groups is 1. The number of halogens is 1. The maximum absolute atomic E-state index is 12.5. The number of hydrogen-bond acceptors (Lipinski definition) is 5. The summed E-state index contributed by atoms with van der Waals surface area (Å²) in [6.45, 7) is 2.06. The largest absolute Gasteiger partial charge is 0.493 e. The fourth-order valence-electron chi connectivity index (χ4n) is 3.03. The van der Waals surface area contributed by atoms with Crippen LogP contribution in [0.3, 0.4) is 0 Å². The minimum Gasteiger partial charge on any atom is -0.493 e. The second-order valence-corrected chi connectivity index (χ2v) is 6.62. The fourth-order valence-corrected chi connectivity index (χ4v) is 3.23. The Morgan fingerprint density at radius 2 is 1.89 bits per heavy atom. The second-order valence-electron chi connectivity index (χ2n) is 6.22. The number of fused-ring (bicyclic) bond motifs is 1. The first-order valence-electron chi connectivity index (χ1n) is 8.63. The number of rotatable bonds is 6. The van der Waals surface area contributed by atoms with Crippen molar-refractivity contribution in [3.05, 3.63) is 68.5 Å². The first kappa shape index (κ1) is 19.8. The van der Waals surface area contributed by atoms with Gasteiger partial charge in [-0.15, -0.1) is 0 Å². The molecule has 28 heavy (non-hydrogen) atoms. The third-order valence-electron chi connectivity index (χ3n) is 4.57. The zero-order valence-electron chi connectivity index (χ0n) is 15.8. The van der Waals surface area contributed by atoms with Gasteiger partial charge in [0.05, 0.1) is 26.2 Å². The van der Waals surface area contributed by atoms with E-state index in [1.54, 1.807) is 25.1 Å². The number of nitrogens with one attached hydrogen (secondary N) is 1. The van der Waals surface area contributed by atoms with Gasteiger partial charge in [-0.2, -0.15) is 0 Å². The number of ether oxygens (including phenoxy) is 2. The fraction of sp³-hybridized carbons (Fsp3) is 0.238. The summed E-state index contributed by atoms with van der Waals surface area (Å²) >= 11 is 6.10. The Labute approximate surface area is 167 Å². The minimum absolute atomic E-state index is 0.0943. The molecule has 3 rings (SSSR count). The molecule has 0 aliphatic heterocycles. The van der Waals surface area contributed by atoms with Gasteiger partial charge in [-0.3, -0.25) is 4.79 Å². The first-order chi connectivity index (χ1) is 13.5. The van der Waals surface area contributed by atoms with Gasteiger partial charge in [-0.1, -0.05) is 29.8 Å². The standard InChI is InChI=1S/C21H20ClNO5/c1-12-14-8-9-17(26-2)20(27-3)19(14)28-21(25)15(12)10-18(24)23-11-13-6-4-5-7-16(13)22/h4-9H,10-11H2,1-3H3,(H,23,24). The number of hydrogen-bond donors (Lipinski definition) is 1. The third-order valence-corrected chi connectivity index (χ3v) is 4.94. The van der Waals surface area contributed by atoms with E-state index in [9.17, 15) is 9.59 Å². The van der Waals surface area contributed by atoms with Gasteiger partial charge in [0.25, 0.3) is 0 Å². The molecule has 0 unspecified atom stereocenters. The molecule has 0 spiro atoms. The predicted molar refractivity (Wildman–Crippen MR) is 107 cm³/mol. The van der Waals surface area contributed by atoms with Crippen LogP contribution in [0, 0.1) is 6.92 Å². The lowest BCUT2D eigenvalue weighted by molar-refractivity contribution is -0.120. The van der Waals surface area contributed by atoms with E-state index in [2.05, 4.69) is 5.32 Å². The van der Waals surface area contributed by atoms with Crippen molar-refractivity contribution in [3.63, 3.8) is 0 Å². The normalized spacial score (nSPS) is 10.7. The molecule has 0 aliphatic carbocycles. The van der Waals surface area contributed by atoms with Crippen LogP contribution in [0.25, 0.3) is 11.0 Å². The van der Waals surface area contributed by atoms with Crippen molar-refractivity contribution in [1.29, 1.82) is 0 Å². The average Bonchev–Trinajstić information content (AvgIpc) is 2.69. The molecule has 1 N–H and O–H groups in total. The Morgan fingerprint density at radius 1 is 1.14 bits per heavy atom. The molecular weight excluding hydrogens is 382 g/mol. The SMILES string of the molecule is COc1ccc2c(C)c(CC(=O)NCc3ccccc3Cl)c(=O)oc2c1OC. The summed E-state index contributed by atoms with van der Waals surface area (Å²) in [6.07, 6.45) is -0.0943. The molecular formula is C21H20ClNO5. The molecule has 0 saturated heterocycles. The monoisotopic (exact) mass is 401 g/mol. The van der Waals surface area contributed by atoms with Crippen molar-refractivity contribution in [2.45, 2.75) is 19.9 Å². The summed E-state index contributed by atoms with van der Waals surface area (Å²) in [5, 5.41) is 4.04. The maximum Gasteiger partial charge on any atom is 0.340 e. The highest BCUT2D eigenvalue weighted by molar-refractivity contribution is 6.31. The number of methoxy groups -OCH3 is 2. The zero-order valence-corrected chi connectivity index (χ0v) is 16.6. The minimum atomic E-state index is -0.579. The number of amides is 1. The summed E-state index contributed by atoms with van der Waals surface area (Å²) in [4.78, 5) is 24.9. The second kappa shape index (κ2) is 8.35. The lowest BCUT2D eigenvalue weighted by Gasteiger charge is -2.13. The van der Waals surface area contributed by atoms with Crippen LogP contribution in [0.2, 0.25) is 5.02 Å². The van der Waals surface area contributed by atoms with Crippen molar-refractivity contribution in [2.75, 3.05) is 14.2 Å². The molecule has 2 aromatic carbocycles. The highest BCUT2D eigenvalue weighted by Gasteiger charge is 2.19. The highest BCUT2D eigenvalue weighted by atomic mass is 35.5. The summed E-state index contributed by atoms with van der Waals surface area (Å²) < 4.78 is 16.0. The van der Waals surface area contributed by atoms with Crippen molar-refractivity contribution in [2.24, 2.45) is 0 Å². The molecule has 1 heterocycles.